The highest BCUT2D eigenvalue weighted by Gasteiger charge is 2.27. The fraction of sp³-hybridized carbons (Fsp3) is 0.400. The molecule has 0 saturated carbocycles. The first-order chi connectivity index (χ1) is 6.18. The Bertz CT molecular complexity index is 300. The molecule has 2 rings (SSSR count). The molecule has 3 heteroatoms. The van der Waals surface area contributed by atoms with Crippen molar-refractivity contribution in [2.45, 2.75) is 13.0 Å². The van der Waals surface area contributed by atoms with Gasteiger partial charge in [-0.2, -0.15) is 0 Å². The van der Waals surface area contributed by atoms with E-state index in [1.54, 1.807) is 6.07 Å². The van der Waals surface area contributed by atoms with Crippen LogP contribution in [0.25, 0.3) is 0 Å². The third-order valence-corrected chi connectivity index (χ3v) is 2.37. The first-order valence-corrected chi connectivity index (χ1v) is 4.36. The summed E-state index contributed by atoms with van der Waals surface area (Å²) in [5.41, 5.74) is 1.56. The molecule has 1 fully saturated rings. The van der Waals surface area contributed by atoms with Gasteiger partial charge in [-0.15, -0.1) is 0 Å². The summed E-state index contributed by atoms with van der Waals surface area (Å²) in [5, 5.41) is 9.10. The smallest absolute Gasteiger partial charge is 0.146 e. The molecule has 70 valence electrons. The van der Waals surface area contributed by atoms with Gasteiger partial charge in [0.1, 0.15) is 5.82 Å². The van der Waals surface area contributed by atoms with Crippen molar-refractivity contribution in [3.63, 3.8) is 0 Å². The highest BCUT2D eigenvalue weighted by atomic mass is 19.1. The monoisotopic (exact) mass is 181 g/mol. The van der Waals surface area contributed by atoms with Crippen LogP contribution in [0.3, 0.4) is 0 Å². The van der Waals surface area contributed by atoms with Crippen LogP contribution in [-0.2, 0) is 0 Å². The van der Waals surface area contributed by atoms with Crippen LogP contribution in [0.4, 0.5) is 10.1 Å². The van der Waals surface area contributed by atoms with Crippen LogP contribution in [0.2, 0.25) is 0 Å². The van der Waals surface area contributed by atoms with Gasteiger partial charge in [-0.25, -0.2) is 4.39 Å². The van der Waals surface area contributed by atoms with Crippen molar-refractivity contribution >= 4 is 5.69 Å². The van der Waals surface area contributed by atoms with Crippen molar-refractivity contribution in [3.05, 3.63) is 29.6 Å². The number of para-hydroxylation sites is 1. The summed E-state index contributed by atoms with van der Waals surface area (Å²) in [6, 6.07) is 5.03. The quantitative estimate of drug-likeness (QED) is 0.706. The maximum atomic E-state index is 13.3. The summed E-state index contributed by atoms with van der Waals surface area (Å²) in [7, 11) is 0. The predicted octanol–water partition coefficient (Wildman–Crippen LogP) is 1.32. The minimum absolute atomic E-state index is 0.202. The molecular weight excluding hydrogens is 169 g/mol. The van der Waals surface area contributed by atoms with Crippen molar-refractivity contribution in [3.8, 4) is 0 Å². The first kappa shape index (κ1) is 8.51. The van der Waals surface area contributed by atoms with Crippen LogP contribution in [0.5, 0.6) is 0 Å². The Kier molecular flexibility index (Phi) is 1.96. The fourth-order valence-electron chi connectivity index (χ4n) is 1.66. The van der Waals surface area contributed by atoms with Crippen LogP contribution in [0.15, 0.2) is 18.2 Å². The normalized spacial score (nSPS) is 17.3. The minimum Gasteiger partial charge on any atom is -0.389 e. The number of aryl methyl sites for hydroxylation is 1. The molecule has 0 atom stereocenters. The molecule has 1 heterocycles. The number of anilines is 1. The van der Waals surface area contributed by atoms with Crippen LogP contribution >= 0.6 is 0 Å². The summed E-state index contributed by atoms with van der Waals surface area (Å²) in [4.78, 5) is 1.86. The number of aliphatic hydroxyl groups is 1. The van der Waals surface area contributed by atoms with Gasteiger partial charge < -0.3 is 10.0 Å². The third-order valence-electron chi connectivity index (χ3n) is 2.37. The molecule has 0 unspecified atom stereocenters. The third kappa shape index (κ3) is 1.40. The molecule has 0 amide bonds. The lowest BCUT2D eigenvalue weighted by Crippen LogP contribution is -2.51. The van der Waals surface area contributed by atoms with Crippen LogP contribution in [0.1, 0.15) is 5.56 Å². The molecule has 1 saturated heterocycles. The van der Waals surface area contributed by atoms with E-state index in [0.717, 1.165) is 5.56 Å². The van der Waals surface area contributed by atoms with Gasteiger partial charge in [0.2, 0.25) is 0 Å². The van der Waals surface area contributed by atoms with E-state index < -0.39 is 0 Å². The molecule has 13 heavy (non-hydrogen) atoms. The van der Waals surface area contributed by atoms with E-state index in [1.165, 1.54) is 6.07 Å². The number of nitrogens with zero attached hydrogens (tertiary/aromatic N) is 1. The molecule has 2 nitrogen and oxygen atoms in total. The maximum Gasteiger partial charge on any atom is 0.146 e. The van der Waals surface area contributed by atoms with Crippen molar-refractivity contribution in [2.75, 3.05) is 18.0 Å². The lowest BCUT2D eigenvalue weighted by molar-refractivity contribution is 0.141. The average molecular weight is 181 g/mol. The Morgan fingerprint density at radius 2 is 2.15 bits per heavy atom. The second kappa shape index (κ2) is 3.00. The highest BCUT2D eigenvalue weighted by molar-refractivity contribution is 5.56. The zero-order chi connectivity index (χ0) is 9.42. The Morgan fingerprint density at radius 1 is 1.46 bits per heavy atom. The molecule has 0 spiro atoms. The summed E-state index contributed by atoms with van der Waals surface area (Å²) < 4.78 is 13.3. The molecule has 1 aromatic carbocycles. The second-order valence-corrected chi connectivity index (χ2v) is 3.46. The maximum absolute atomic E-state index is 13.3. The van der Waals surface area contributed by atoms with E-state index in [0.29, 0.717) is 18.8 Å². The molecule has 0 aliphatic carbocycles. The van der Waals surface area contributed by atoms with E-state index in [2.05, 4.69) is 0 Å². The number of hydrogen-bond acceptors (Lipinski definition) is 2. The van der Waals surface area contributed by atoms with Gasteiger partial charge >= 0.3 is 0 Å². The Labute approximate surface area is 76.6 Å². The largest absolute Gasteiger partial charge is 0.389 e. The molecule has 1 N–H and O–H groups in total. The standard InChI is InChI=1S/C10H12FNO/c1-7-3-2-4-9(11)10(7)12-5-8(13)6-12/h2-4,8,13H,5-6H2,1H3. The van der Waals surface area contributed by atoms with E-state index >= 15 is 0 Å². The summed E-state index contributed by atoms with van der Waals surface area (Å²) in [6.45, 7) is 2.96. The lowest BCUT2D eigenvalue weighted by atomic mass is 10.1. The topological polar surface area (TPSA) is 23.5 Å². The molecule has 1 aromatic rings. The zero-order valence-corrected chi connectivity index (χ0v) is 7.50. The molecule has 1 aliphatic heterocycles. The number of aliphatic hydroxyl groups excluding tert-OH is 1. The van der Waals surface area contributed by atoms with Crippen molar-refractivity contribution < 1.29 is 9.50 Å². The first-order valence-electron chi connectivity index (χ1n) is 4.36. The fourth-order valence-corrected chi connectivity index (χ4v) is 1.66. The van der Waals surface area contributed by atoms with Gasteiger partial charge in [-0.05, 0) is 18.6 Å². The lowest BCUT2D eigenvalue weighted by Gasteiger charge is -2.38. The molecule has 0 bridgehead atoms. The van der Waals surface area contributed by atoms with E-state index in [9.17, 15) is 4.39 Å². The number of rotatable bonds is 1. The summed E-state index contributed by atoms with van der Waals surface area (Å²) in [5.74, 6) is -0.202. The van der Waals surface area contributed by atoms with Gasteiger partial charge in [0, 0.05) is 13.1 Å². The van der Waals surface area contributed by atoms with Crippen molar-refractivity contribution in [1.29, 1.82) is 0 Å². The minimum atomic E-state index is -0.293. The molecule has 1 aliphatic rings. The predicted molar refractivity (Wildman–Crippen MR) is 49.4 cm³/mol. The van der Waals surface area contributed by atoms with E-state index in [-0.39, 0.29) is 11.9 Å². The van der Waals surface area contributed by atoms with Gasteiger partial charge in [-0.3, -0.25) is 0 Å². The number of β-amino-alcohol motifs (C(OH)–C–C–N with tert-alkyl or cyclic N) is 1. The molecule has 0 radical (unpaired) electrons. The van der Waals surface area contributed by atoms with Gasteiger partial charge in [0.25, 0.3) is 0 Å². The van der Waals surface area contributed by atoms with Crippen LogP contribution in [-0.4, -0.2) is 24.3 Å². The molecule has 0 aromatic heterocycles. The van der Waals surface area contributed by atoms with Gasteiger partial charge in [-0.1, -0.05) is 12.1 Å². The SMILES string of the molecule is Cc1cccc(F)c1N1CC(O)C1. The summed E-state index contributed by atoms with van der Waals surface area (Å²) >= 11 is 0. The highest BCUT2D eigenvalue weighted by Crippen LogP contribution is 2.27. The second-order valence-electron chi connectivity index (χ2n) is 3.46. The van der Waals surface area contributed by atoms with Crippen molar-refractivity contribution in [2.24, 2.45) is 0 Å². The average Bonchev–Trinajstić information content (AvgIpc) is 2.00. The number of halogens is 1. The Morgan fingerprint density at radius 3 is 2.69 bits per heavy atom. The number of hydrogen-bond donors (Lipinski definition) is 1. The Balaban J connectivity index is 2.29. The van der Waals surface area contributed by atoms with Crippen LogP contribution in [0, 0.1) is 12.7 Å². The van der Waals surface area contributed by atoms with Crippen LogP contribution < -0.4 is 4.90 Å². The van der Waals surface area contributed by atoms with Gasteiger partial charge in [0.15, 0.2) is 0 Å². The van der Waals surface area contributed by atoms with Gasteiger partial charge in [0.05, 0.1) is 11.8 Å². The molecular formula is C10H12FNO. The van der Waals surface area contributed by atoms with Crippen molar-refractivity contribution in [1.82, 2.24) is 0 Å². The van der Waals surface area contributed by atoms with E-state index in [4.69, 9.17) is 5.11 Å². The van der Waals surface area contributed by atoms with E-state index in [1.807, 2.05) is 17.9 Å². The Hall–Kier alpha value is -1.09. The zero-order valence-electron chi connectivity index (χ0n) is 7.50. The number of benzene rings is 1. The summed E-state index contributed by atoms with van der Waals surface area (Å²) in [6.07, 6.45) is -0.293.